The van der Waals surface area contributed by atoms with Gasteiger partial charge in [0.25, 0.3) is 5.91 Å². The van der Waals surface area contributed by atoms with Crippen molar-refractivity contribution in [3.8, 4) is 0 Å². The molecule has 23 heavy (non-hydrogen) atoms. The number of anilines is 1. The van der Waals surface area contributed by atoms with Crippen molar-refractivity contribution in [1.82, 2.24) is 9.88 Å². The molecule has 0 saturated heterocycles. The SMILES string of the molecule is Cc1cccc(C)c1NC(=O)CN(C)C(=O)c1ccc[nH]c1=S. The topological polar surface area (TPSA) is 65.2 Å². The number of aromatic amines is 1. The first-order valence-corrected chi connectivity index (χ1v) is 7.60. The molecule has 0 bridgehead atoms. The van der Waals surface area contributed by atoms with E-state index in [1.807, 2.05) is 32.0 Å². The van der Waals surface area contributed by atoms with Crippen molar-refractivity contribution in [2.45, 2.75) is 13.8 Å². The second-order valence-electron chi connectivity index (χ2n) is 5.39. The van der Waals surface area contributed by atoms with Crippen molar-refractivity contribution < 1.29 is 9.59 Å². The molecule has 2 rings (SSSR count). The summed E-state index contributed by atoms with van der Waals surface area (Å²) in [5.74, 6) is -0.535. The van der Waals surface area contributed by atoms with Gasteiger partial charge in [-0.3, -0.25) is 9.59 Å². The van der Waals surface area contributed by atoms with Gasteiger partial charge in [-0.1, -0.05) is 30.4 Å². The number of carbonyl (C=O) groups excluding carboxylic acids is 2. The standard InChI is InChI=1S/C17H19N3O2S/c1-11-6-4-7-12(2)15(11)19-14(21)10-20(3)17(22)13-8-5-9-18-16(13)23/h4-9H,10H2,1-3H3,(H,18,23)(H,19,21). The van der Waals surface area contributed by atoms with Gasteiger partial charge in [0, 0.05) is 18.9 Å². The highest BCUT2D eigenvalue weighted by atomic mass is 32.1. The number of carbonyl (C=O) groups is 2. The maximum atomic E-state index is 12.3. The number of aryl methyl sites for hydroxylation is 2. The molecule has 0 fully saturated rings. The number of hydrogen-bond donors (Lipinski definition) is 2. The van der Waals surface area contributed by atoms with Crippen LogP contribution in [0.5, 0.6) is 0 Å². The maximum absolute atomic E-state index is 12.3. The summed E-state index contributed by atoms with van der Waals surface area (Å²) in [5.41, 5.74) is 3.14. The number of benzene rings is 1. The molecule has 0 saturated carbocycles. The summed E-state index contributed by atoms with van der Waals surface area (Å²) in [6, 6.07) is 9.14. The smallest absolute Gasteiger partial charge is 0.257 e. The average molecular weight is 329 g/mol. The Morgan fingerprint density at radius 2 is 1.83 bits per heavy atom. The van der Waals surface area contributed by atoms with E-state index in [1.165, 1.54) is 4.90 Å². The number of amides is 2. The first-order chi connectivity index (χ1) is 10.9. The highest BCUT2D eigenvalue weighted by Crippen LogP contribution is 2.19. The molecule has 0 radical (unpaired) electrons. The number of nitrogens with zero attached hydrogens (tertiary/aromatic N) is 1. The molecule has 120 valence electrons. The molecule has 6 heteroatoms. The van der Waals surface area contributed by atoms with E-state index in [2.05, 4.69) is 10.3 Å². The summed E-state index contributed by atoms with van der Waals surface area (Å²) >= 11 is 5.10. The van der Waals surface area contributed by atoms with Crippen LogP contribution in [0.25, 0.3) is 0 Å². The maximum Gasteiger partial charge on any atom is 0.257 e. The van der Waals surface area contributed by atoms with Gasteiger partial charge in [-0.15, -0.1) is 0 Å². The summed E-state index contributed by atoms with van der Waals surface area (Å²) in [6.07, 6.45) is 1.66. The quantitative estimate of drug-likeness (QED) is 0.847. The van der Waals surface area contributed by atoms with E-state index in [0.29, 0.717) is 10.2 Å². The van der Waals surface area contributed by atoms with Crippen molar-refractivity contribution >= 4 is 29.7 Å². The molecule has 0 spiro atoms. The Kier molecular flexibility index (Phi) is 5.28. The van der Waals surface area contributed by atoms with Gasteiger partial charge in [-0.25, -0.2) is 0 Å². The first-order valence-electron chi connectivity index (χ1n) is 7.19. The zero-order chi connectivity index (χ0) is 17.0. The molecule has 0 aliphatic heterocycles. The number of hydrogen-bond acceptors (Lipinski definition) is 3. The zero-order valence-corrected chi connectivity index (χ0v) is 14.2. The Hall–Kier alpha value is -2.47. The number of rotatable bonds is 4. The van der Waals surface area contributed by atoms with Crippen LogP contribution in [-0.2, 0) is 4.79 Å². The number of para-hydroxylation sites is 1. The van der Waals surface area contributed by atoms with Crippen LogP contribution < -0.4 is 5.32 Å². The van der Waals surface area contributed by atoms with Gasteiger partial charge in [0.15, 0.2) is 0 Å². The molecule has 0 aliphatic rings. The van der Waals surface area contributed by atoms with Gasteiger partial charge in [-0.05, 0) is 37.1 Å². The Balaban J connectivity index is 2.07. The third-order valence-electron chi connectivity index (χ3n) is 3.52. The van der Waals surface area contributed by atoms with E-state index in [-0.39, 0.29) is 18.4 Å². The Bertz CT molecular complexity index is 778. The Labute approximate surface area is 140 Å². The lowest BCUT2D eigenvalue weighted by molar-refractivity contribution is -0.116. The van der Waals surface area contributed by atoms with E-state index in [0.717, 1.165) is 16.8 Å². The van der Waals surface area contributed by atoms with Gasteiger partial charge >= 0.3 is 0 Å². The number of pyridine rings is 1. The van der Waals surface area contributed by atoms with E-state index in [1.54, 1.807) is 25.4 Å². The van der Waals surface area contributed by atoms with Gasteiger partial charge in [-0.2, -0.15) is 0 Å². The third-order valence-corrected chi connectivity index (χ3v) is 3.86. The second kappa shape index (κ2) is 7.19. The molecular formula is C17H19N3O2S. The Morgan fingerprint density at radius 1 is 1.17 bits per heavy atom. The van der Waals surface area contributed by atoms with Crippen molar-refractivity contribution in [3.63, 3.8) is 0 Å². The lowest BCUT2D eigenvalue weighted by atomic mass is 10.1. The highest BCUT2D eigenvalue weighted by molar-refractivity contribution is 7.71. The van der Waals surface area contributed by atoms with Crippen molar-refractivity contribution in [2.75, 3.05) is 18.9 Å². The Morgan fingerprint density at radius 3 is 2.43 bits per heavy atom. The summed E-state index contributed by atoms with van der Waals surface area (Å²) < 4.78 is 0.361. The molecule has 2 N–H and O–H groups in total. The molecular weight excluding hydrogens is 310 g/mol. The van der Waals surface area contributed by atoms with E-state index in [4.69, 9.17) is 12.2 Å². The van der Waals surface area contributed by atoms with Crippen LogP contribution in [0.1, 0.15) is 21.5 Å². The van der Waals surface area contributed by atoms with Crippen LogP contribution in [0.3, 0.4) is 0 Å². The molecule has 1 aromatic carbocycles. The molecule has 1 heterocycles. The van der Waals surface area contributed by atoms with Crippen LogP contribution in [-0.4, -0.2) is 35.3 Å². The number of nitrogens with one attached hydrogen (secondary N) is 2. The monoisotopic (exact) mass is 329 g/mol. The van der Waals surface area contributed by atoms with Gasteiger partial charge in [0.2, 0.25) is 5.91 Å². The van der Waals surface area contributed by atoms with E-state index >= 15 is 0 Å². The van der Waals surface area contributed by atoms with Crippen molar-refractivity contribution in [2.24, 2.45) is 0 Å². The summed E-state index contributed by atoms with van der Waals surface area (Å²) in [5, 5.41) is 2.86. The van der Waals surface area contributed by atoms with Crippen LogP contribution in [0, 0.1) is 18.5 Å². The van der Waals surface area contributed by atoms with Crippen LogP contribution in [0.2, 0.25) is 0 Å². The van der Waals surface area contributed by atoms with Gasteiger partial charge in [0.05, 0.1) is 12.1 Å². The third kappa shape index (κ3) is 4.04. The molecule has 1 aromatic heterocycles. The van der Waals surface area contributed by atoms with Gasteiger partial charge in [0.1, 0.15) is 4.64 Å². The normalized spacial score (nSPS) is 10.2. The van der Waals surface area contributed by atoms with Crippen molar-refractivity contribution in [3.05, 3.63) is 57.9 Å². The fourth-order valence-corrected chi connectivity index (χ4v) is 2.50. The average Bonchev–Trinajstić information content (AvgIpc) is 2.51. The lowest BCUT2D eigenvalue weighted by Gasteiger charge is -2.18. The predicted molar refractivity (Wildman–Crippen MR) is 93.1 cm³/mol. The molecule has 0 aliphatic carbocycles. The molecule has 2 amide bonds. The van der Waals surface area contributed by atoms with Crippen LogP contribution in [0.4, 0.5) is 5.69 Å². The predicted octanol–water partition coefficient (Wildman–Crippen LogP) is 3.07. The number of H-pyrrole nitrogens is 1. The van der Waals surface area contributed by atoms with E-state index < -0.39 is 0 Å². The van der Waals surface area contributed by atoms with Gasteiger partial charge < -0.3 is 15.2 Å². The minimum atomic E-state index is -0.288. The minimum absolute atomic E-state index is 0.0454. The summed E-state index contributed by atoms with van der Waals surface area (Å²) in [6.45, 7) is 3.82. The summed E-state index contributed by atoms with van der Waals surface area (Å²) in [7, 11) is 1.58. The molecule has 0 atom stereocenters. The molecule has 5 nitrogen and oxygen atoms in total. The first kappa shape index (κ1) is 16.9. The highest BCUT2D eigenvalue weighted by Gasteiger charge is 2.17. The lowest BCUT2D eigenvalue weighted by Crippen LogP contribution is -2.35. The number of likely N-dealkylation sites (N-methyl/N-ethyl adjacent to an activating group) is 1. The summed E-state index contributed by atoms with van der Waals surface area (Å²) in [4.78, 5) is 28.7. The van der Waals surface area contributed by atoms with E-state index in [9.17, 15) is 9.59 Å². The molecule has 2 aromatic rings. The second-order valence-corrected chi connectivity index (χ2v) is 5.80. The van der Waals surface area contributed by atoms with Crippen LogP contribution in [0.15, 0.2) is 36.5 Å². The molecule has 0 unspecified atom stereocenters. The van der Waals surface area contributed by atoms with Crippen LogP contribution >= 0.6 is 12.2 Å². The largest absolute Gasteiger partial charge is 0.352 e. The minimum Gasteiger partial charge on any atom is -0.352 e. The fraction of sp³-hybridized carbons (Fsp3) is 0.235. The van der Waals surface area contributed by atoms with Crippen molar-refractivity contribution in [1.29, 1.82) is 0 Å². The number of aromatic nitrogens is 1. The fourth-order valence-electron chi connectivity index (χ4n) is 2.27. The zero-order valence-electron chi connectivity index (χ0n) is 13.3.